The molecule has 2 aliphatic heterocycles. The van der Waals surface area contributed by atoms with Crippen LogP contribution in [-0.4, -0.2) is 90.9 Å². The van der Waals surface area contributed by atoms with Gasteiger partial charge in [-0.2, -0.15) is 0 Å². The van der Waals surface area contributed by atoms with E-state index >= 15 is 0 Å². The summed E-state index contributed by atoms with van der Waals surface area (Å²) >= 11 is 0. The fraction of sp³-hybridized carbons (Fsp3) is 0.625. The Kier molecular flexibility index (Phi) is 8.90. The van der Waals surface area contributed by atoms with E-state index in [1.54, 1.807) is 17.0 Å². The summed E-state index contributed by atoms with van der Waals surface area (Å²) in [4.78, 5) is 43.9. The van der Waals surface area contributed by atoms with Crippen molar-refractivity contribution in [2.45, 2.75) is 39.2 Å². The molecular weight excluding hydrogens is 408 g/mol. The number of hydrogen-bond acceptors (Lipinski definition) is 5. The first-order valence-electron chi connectivity index (χ1n) is 11.7. The largest absolute Gasteiger partial charge is 0.484 e. The van der Waals surface area contributed by atoms with Crippen LogP contribution in [0.5, 0.6) is 5.75 Å². The van der Waals surface area contributed by atoms with Crippen molar-refractivity contribution in [3.8, 4) is 5.75 Å². The van der Waals surface area contributed by atoms with Gasteiger partial charge in [-0.05, 0) is 37.3 Å². The molecule has 0 saturated carbocycles. The normalized spacial score (nSPS) is 18.3. The number of piperazine rings is 1. The summed E-state index contributed by atoms with van der Waals surface area (Å²) in [7, 11) is 0. The minimum absolute atomic E-state index is 0.0399. The third kappa shape index (κ3) is 6.95. The predicted octanol–water partition coefficient (Wildman–Crippen LogP) is 1.36. The first-order chi connectivity index (χ1) is 15.4. The zero-order chi connectivity index (χ0) is 22.9. The minimum Gasteiger partial charge on any atom is -0.484 e. The second kappa shape index (κ2) is 11.9. The van der Waals surface area contributed by atoms with Gasteiger partial charge in [0.05, 0.1) is 6.54 Å². The Bertz CT molecular complexity index is 757. The second-order valence-corrected chi connectivity index (χ2v) is 8.93. The van der Waals surface area contributed by atoms with Gasteiger partial charge in [-0.25, -0.2) is 0 Å². The first kappa shape index (κ1) is 24.0. The zero-order valence-electron chi connectivity index (χ0n) is 19.3. The number of para-hydroxylation sites is 1. The zero-order valence-corrected chi connectivity index (χ0v) is 19.3. The number of carbonyl (C=O) groups is 3. The van der Waals surface area contributed by atoms with Crippen LogP contribution in [0.3, 0.4) is 0 Å². The average molecular weight is 445 g/mol. The van der Waals surface area contributed by atoms with E-state index in [4.69, 9.17) is 4.74 Å². The van der Waals surface area contributed by atoms with Crippen LogP contribution in [0, 0.1) is 5.92 Å². The van der Waals surface area contributed by atoms with Crippen molar-refractivity contribution in [2.24, 2.45) is 5.92 Å². The molecule has 0 aliphatic carbocycles. The molecule has 32 heavy (non-hydrogen) atoms. The van der Waals surface area contributed by atoms with Gasteiger partial charge >= 0.3 is 0 Å². The second-order valence-electron chi connectivity index (χ2n) is 8.93. The first-order valence-corrected chi connectivity index (χ1v) is 11.7. The van der Waals surface area contributed by atoms with E-state index in [0.717, 1.165) is 25.9 Å². The average Bonchev–Trinajstić information content (AvgIpc) is 2.82. The van der Waals surface area contributed by atoms with Gasteiger partial charge in [0, 0.05) is 39.3 Å². The van der Waals surface area contributed by atoms with Crippen LogP contribution in [0.4, 0.5) is 0 Å². The lowest BCUT2D eigenvalue weighted by Crippen LogP contribution is -2.57. The molecule has 176 valence electrons. The van der Waals surface area contributed by atoms with Gasteiger partial charge < -0.3 is 19.9 Å². The maximum Gasteiger partial charge on any atom is 0.258 e. The highest BCUT2D eigenvalue weighted by Crippen LogP contribution is 2.13. The highest BCUT2D eigenvalue weighted by atomic mass is 16.5. The van der Waals surface area contributed by atoms with Crippen LogP contribution in [-0.2, 0) is 14.4 Å². The van der Waals surface area contributed by atoms with Crippen LogP contribution in [0.25, 0.3) is 0 Å². The Morgan fingerprint density at radius 1 is 0.906 bits per heavy atom. The summed E-state index contributed by atoms with van der Waals surface area (Å²) in [5.74, 6) is 0.379. The maximum absolute atomic E-state index is 13.1. The Hall–Kier alpha value is -2.61. The quantitative estimate of drug-likeness (QED) is 0.655. The third-order valence-electron chi connectivity index (χ3n) is 6.11. The van der Waals surface area contributed by atoms with E-state index in [9.17, 15) is 14.4 Å². The molecule has 2 aliphatic rings. The lowest BCUT2D eigenvalue weighted by atomic mass is 10.0. The number of rotatable bonds is 8. The molecule has 3 amide bonds. The van der Waals surface area contributed by atoms with Crippen LogP contribution < -0.4 is 10.1 Å². The summed E-state index contributed by atoms with van der Waals surface area (Å²) in [6, 6.07) is 8.54. The number of nitrogens with one attached hydrogen (secondary N) is 1. The molecule has 0 bridgehead atoms. The van der Waals surface area contributed by atoms with E-state index in [1.165, 1.54) is 6.42 Å². The summed E-state index contributed by atoms with van der Waals surface area (Å²) in [5.41, 5.74) is 0. The number of hydrogen-bond donors (Lipinski definition) is 1. The molecule has 8 heteroatoms. The molecule has 2 fully saturated rings. The van der Waals surface area contributed by atoms with Gasteiger partial charge in [0.25, 0.3) is 5.91 Å². The van der Waals surface area contributed by atoms with Crippen molar-refractivity contribution < 1.29 is 19.1 Å². The SMILES string of the molecule is CC(C)[C@H](NC(=O)COc1ccccc1)C(=O)N1CCN(CC(=O)N2CCCCC2)CC1. The van der Waals surface area contributed by atoms with Gasteiger partial charge in [0.15, 0.2) is 6.61 Å². The fourth-order valence-corrected chi connectivity index (χ4v) is 4.15. The van der Waals surface area contributed by atoms with Gasteiger partial charge in [-0.15, -0.1) is 0 Å². The third-order valence-corrected chi connectivity index (χ3v) is 6.11. The highest BCUT2D eigenvalue weighted by Gasteiger charge is 2.31. The Labute approximate surface area is 190 Å². The number of benzene rings is 1. The molecule has 0 unspecified atom stereocenters. The van der Waals surface area contributed by atoms with Crippen LogP contribution >= 0.6 is 0 Å². The Balaban J connectivity index is 1.44. The van der Waals surface area contributed by atoms with Crippen LogP contribution in [0.2, 0.25) is 0 Å². The van der Waals surface area contributed by atoms with Crippen molar-refractivity contribution in [3.05, 3.63) is 30.3 Å². The molecule has 3 rings (SSSR count). The highest BCUT2D eigenvalue weighted by molar-refractivity contribution is 5.88. The lowest BCUT2D eigenvalue weighted by molar-refractivity contribution is -0.140. The minimum atomic E-state index is -0.594. The van der Waals surface area contributed by atoms with Gasteiger partial charge in [0.2, 0.25) is 11.8 Å². The number of ether oxygens (including phenoxy) is 1. The topological polar surface area (TPSA) is 82.2 Å². The molecule has 1 N–H and O–H groups in total. The molecule has 0 aromatic heterocycles. The number of carbonyl (C=O) groups excluding carboxylic acids is 3. The number of nitrogens with zero attached hydrogens (tertiary/aromatic N) is 3. The molecule has 8 nitrogen and oxygen atoms in total. The molecule has 1 aromatic rings. The molecule has 1 aromatic carbocycles. The molecule has 2 heterocycles. The molecule has 2 saturated heterocycles. The van der Waals surface area contributed by atoms with Crippen molar-refractivity contribution >= 4 is 17.7 Å². The maximum atomic E-state index is 13.1. The standard InChI is InChI=1S/C24H36N4O4/c1-19(2)23(25-21(29)18-32-20-9-5-3-6-10-20)24(31)28-15-13-26(14-16-28)17-22(30)27-11-7-4-8-12-27/h3,5-6,9-10,19,23H,4,7-8,11-18H2,1-2H3,(H,25,29)/t23-/m0/s1. The molecule has 1 atom stereocenters. The smallest absolute Gasteiger partial charge is 0.258 e. The Morgan fingerprint density at radius 3 is 2.19 bits per heavy atom. The number of likely N-dealkylation sites (tertiary alicyclic amines) is 1. The van der Waals surface area contributed by atoms with Gasteiger partial charge in [-0.3, -0.25) is 19.3 Å². The summed E-state index contributed by atoms with van der Waals surface area (Å²) in [6.07, 6.45) is 3.38. The number of amides is 3. The van der Waals surface area contributed by atoms with Crippen LogP contribution in [0.15, 0.2) is 30.3 Å². The predicted molar refractivity (Wildman–Crippen MR) is 122 cm³/mol. The number of piperidine rings is 1. The summed E-state index contributed by atoms with van der Waals surface area (Å²) < 4.78 is 5.50. The van der Waals surface area contributed by atoms with E-state index in [1.807, 2.05) is 36.9 Å². The van der Waals surface area contributed by atoms with Gasteiger partial charge in [-0.1, -0.05) is 32.0 Å². The molecule has 0 spiro atoms. The summed E-state index contributed by atoms with van der Waals surface area (Å²) in [6.45, 7) is 8.32. The van der Waals surface area contributed by atoms with Crippen molar-refractivity contribution in [3.63, 3.8) is 0 Å². The molecular formula is C24H36N4O4. The molecule has 0 radical (unpaired) electrons. The lowest BCUT2D eigenvalue weighted by Gasteiger charge is -2.38. The van der Waals surface area contributed by atoms with E-state index < -0.39 is 6.04 Å². The summed E-state index contributed by atoms with van der Waals surface area (Å²) in [5, 5.41) is 2.84. The van der Waals surface area contributed by atoms with E-state index in [-0.39, 0.29) is 30.2 Å². The monoisotopic (exact) mass is 444 g/mol. The Morgan fingerprint density at radius 2 is 1.56 bits per heavy atom. The van der Waals surface area contributed by atoms with Crippen molar-refractivity contribution in [1.82, 2.24) is 20.0 Å². The van der Waals surface area contributed by atoms with Crippen LogP contribution in [0.1, 0.15) is 33.1 Å². The fourth-order valence-electron chi connectivity index (χ4n) is 4.15. The van der Waals surface area contributed by atoms with E-state index in [0.29, 0.717) is 38.5 Å². The van der Waals surface area contributed by atoms with Gasteiger partial charge in [0.1, 0.15) is 11.8 Å². The van der Waals surface area contributed by atoms with E-state index in [2.05, 4.69) is 10.2 Å². The van der Waals surface area contributed by atoms with Crippen molar-refractivity contribution in [1.29, 1.82) is 0 Å². The van der Waals surface area contributed by atoms with Crippen molar-refractivity contribution in [2.75, 3.05) is 52.4 Å².